The van der Waals surface area contributed by atoms with Gasteiger partial charge in [-0.2, -0.15) is 10.2 Å². The van der Waals surface area contributed by atoms with E-state index < -0.39 is 0 Å². The van der Waals surface area contributed by atoms with Gasteiger partial charge in [0, 0.05) is 36.9 Å². The minimum Gasteiger partial charge on any atom is -0.301 e. The molecule has 2 aromatic heterocycles. The summed E-state index contributed by atoms with van der Waals surface area (Å²) in [6.07, 6.45) is 8.24. The fraction of sp³-hybridized carbons (Fsp3) is 0.474. The first kappa shape index (κ1) is 16.3. The highest BCUT2D eigenvalue weighted by molar-refractivity contribution is 5.78. The Hall–Kier alpha value is -2.18. The first-order chi connectivity index (χ1) is 12.3. The molecule has 132 valence electrons. The molecule has 0 unspecified atom stereocenters. The summed E-state index contributed by atoms with van der Waals surface area (Å²) >= 11 is 0. The van der Waals surface area contributed by atoms with Gasteiger partial charge in [0.2, 0.25) is 0 Å². The fourth-order valence-corrected chi connectivity index (χ4v) is 3.76. The molecule has 0 aliphatic carbocycles. The van der Waals surface area contributed by atoms with Crippen LogP contribution in [0.2, 0.25) is 0 Å². The molecule has 25 heavy (non-hydrogen) atoms. The van der Waals surface area contributed by atoms with Crippen molar-refractivity contribution in [1.29, 1.82) is 0 Å². The van der Waals surface area contributed by atoms with Crippen molar-refractivity contribution in [1.82, 2.24) is 29.8 Å². The van der Waals surface area contributed by atoms with Crippen LogP contribution in [0.4, 0.5) is 0 Å². The summed E-state index contributed by atoms with van der Waals surface area (Å²) in [6.45, 7) is 5.42. The number of hydrogen-bond donors (Lipinski definition) is 1. The maximum atomic E-state index is 4.28. The van der Waals surface area contributed by atoms with Crippen LogP contribution in [0.15, 0.2) is 42.9 Å². The van der Waals surface area contributed by atoms with Crippen LogP contribution in [-0.4, -0.2) is 62.5 Å². The predicted octanol–water partition coefficient (Wildman–Crippen LogP) is 2.36. The van der Waals surface area contributed by atoms with Crippen LogP contribution in [0.25, 0.3) is 10.9 Å². The Bertz CT molecular complexity index is 785. The minimum absolute atomic E-state index is 0.665. The molecule has 3 aromatic rings. The molecule has 0 radical (unpaired) electrons. The Labute approximate surface area is 148 Å². The Morgan fingerprint density at radius 2 is 2.12 bits per heavy atom. The zero-order valence-corrected chi connectivity index (χ0v) is 14.8. The quantitative estimate of drug-likeness (QED) is 0.750. The van der Waals surface area contributed by atoms with Gasteiger partial charge >= 0.3 is 0 Å². The van der Waals surface area contributed by atoms with Crippen LogP contribution in [0, 0.1) is 0 Å². The third kappa shape index (κ3) is 3.91. The highest BCUT2D eigenvalue weighted by atomic mass is 15.3. The molecule has 6 nitrogen and oxygen atoms in total. The second kappa shape index (κ2) is 7.37. The van der Waals surface area contributed by atoms with Crippen LogP contribution >= 0.6 is 0 Å². The topological polar surface area (TPSA) is 53.0 Å². The van der Waals surface area contributed by atoms with Gasteiger partial charge < -0.3 is 4.90 Å². The van der Waals surface area contributed by atoms with E-state index in [0.29, 0.717) is 6.04 Å². The maximum Gasteiger partial charge on any atom is 0.0653 e. The van der Waals surface area contributed by atoms with E-state index >= 15 is 0 Å². The Morgan fingerprint density at radius 1 is 1.24 bits per heavy atom. The van der Waals surface area contributed by atoms with Crippen molar-refractivity contribution in [3.05, 3.63) is 48.4 Å². The van der Waals surface area contributed by atoms with Crippen molar-refractivity contribution in [2.75, 3.05) is 26.7 Å². The van der Waals surface area contributed by atoms with Crippen LogP contribution in [0.3, 0.4) is 0 Å². The summed E-state index contributed by atoms with van der Waals surface area (Å²) in [4.78, 5) is 5.06. The Balaban J connectivity index is 1.26. The zero-order valence-electron chi connectivity index (χ0n) is 14.8. The number of H-pyrrole nitrogens is 1. The van der Waals surface area contributed by atoms with Crippen molar-refractivity contribution in [2.24, 2.45) is 0 Å². The van der Waals surface area contributed by atoms with E-state index in [0.717, 1.165) is 25.2 Å². The number of hydrogen-bond acceptors (Lipinski definition) is 4. The second-order valence-corrected chi connectivity index (χ2v) is 7.05. The van der Waals surface area contributed by atoms with E-state index in [1.165, 1.54) is 36.9 Å². The highest BCUT2D eigenvalue weighted by Crippen LogP contribution is 2.19. The monoisotopic (exact) mass is 338 g/mol. The van der Waals surface area contributed by atoms with Crippen molar-refractivity contribution in [3.63, 3.8) is 0 Å². The van der Waals surface area contributed by atoms with E-state index in [2.05, 4.69) is 50.3 Å². The fourth-order valence-electron chi connectivity index (χ4n) is 3.76. The van der Waals surface area contributed by atoms with Crippen molar-refractivity contribution >= 4 is 10.9 Å². The van der Waals surface area contributed by atoms with Crippen LogP contribution < -0.4 is 0 Å². The molecule has 0 spiro atoms. The lowest BCUT2D eigenvalue weighted by molar-refractivity contribution is 0.120. The van der Waals surface area contributed by atoms with Gasteiger partial charge in [-0.15, -0.1) is 0 Å². The number of aromatic nitrogens is 4. The van der Waals surface area contributed by atoms with Crippen LogP contribution in [-0.2, 0) is 13.1 Å². The number of benzene rings is 1. The molecule has 0 amide bonds. The number of nitrogens with zero attached hydrogens (tertiary/aromatic N) is 5. The Kier molecular flexibility index (Phi) is 4.81. The van der Waals surface area contributed by atoms with E-state index in [-0.39, 0.29) is 0 Å². The van der Waals surface area contributed by atoms with Gasteiger partial charge in [0.1, 0.15) is 0 Å². The number of nitrogens with one attached hydrogen (secondary N) is 1. The molecule has 0 bridgehead atoms. The SMILES string of the molecule is CN(Cc1ccc2cn[nH]c2c1)C1CCN(CCn2cccn2)CC1. The number of piperidine rings is 1. The van der Waals surface area contributed by atoms with Gasteiger partial charge in [0.25, 0.3) is 0 Å². The number of likely N-dealkylation sites (tertiary alicyclic amines) is 1. The largest absolute Gasteiger partial charge is 0.301 e. The molecule has 1 N–H and O–H groups in total. The first-order valence-corrected chi connectivity index (χ1v) is 9.10. The molecular weight excluding hydrogens is 312 g/mol. The first-order valence-electron chi connectivity index (χ1n) is 9.10. The van der Waals surface area contributed by atoms with Crippen LogP contribution in [0.5, 0.6) is 0 Å². The zero-order chi connectivity index (χ0) is 17.1. The standard InChI is InChI=1S/C19H26N6/c1-23(15-16-3-4-17-14-20-22-19(17)13-16)18-5-9-24(10-6-18)11-12-25-8-2-7-21-25/h2-4,7-8,13-14,18H,5-6,9-12,15H2,1H3,(H,20,22). The van der Waals surface area contributed by atoms with Crippen LogP contribution in [0.1, 0.15) is 18.4 Å². The normalized spacial score (nSPS) is 16.9. The van der Waals surface area contributed by atoms with E-state index in [9.17, 15) is 0 Å². The molecule has 1 saturated heterocycles. The molecule has 1 aliphatic heterocycles. The molecule has 3 heterocycles. The number of fused-ring (bicyclic) bond motifs is 1. The number of aromatic amines is 1. The number of rotatable bonds is 6. The van der Waals surface area contributed by atoms with Crippen molar-refractivity contribution in [2.45, 2.75) is 32.0 Å². The lowest BCUT2D eigenvalue weighted by Gasteiger charge is -2.36. The van der Waals surface area contributed by atoms with E-state index in [1.807, 2.05) is 29.3 Å². The summed E-state index contributed by atoms with van der Waals surface area (Å²) in [5.74, 6) is 0. The lowest BCUT2D eigenvalue weighted by atomic mass is 10.0. The third-order valence-electron chi connectivity index (χ3n) is 5.32. The van der Waals surface area contributed by atoms with Gasteiger partial charge in [0.15, 0.2) is 0 Å². The molecule has 1 aliphatic rings. The van der Waals surface area contributed by atoms with Gasteiger partial charge in [-0.3, -0.25) is 14.7 Å². The summed E-state index contributed by atoms with van der Waals surface area (Å²) < 4.78 is 2.02. The molecule has 0 atom stereocenters. The van der Waals surface area contributed by atoms with Gasteiger partial charge in [-0.1, -0.05) is 12.1 Å². The van der Waals surface area contributed by atoms with Gasteiger partial charge in [-0.25, -0.2) is 0 Å². The molecule has 1 aromatic carbocycles. The predicted molar refractivity (Wildman–Crippen MR) is 99.2 cm³/mol. The third-order valence-corrected chi connectivity index (χ3v) is 5.32. The Morgan fingerprint density at radius 3 is 2.92 bits per heavy atom. The average molecular weight is 338 g/mol. The summed E-state index contributed by atoms with van der Waals surface area (Å²) in [5.41, 5.74) is 2.47. The van der Waals surface area contributed by atoms with Gasteiger partial charge in [-0.05, 0) is 50.7 Å². The lowest BCUT2D eigenvalue weighted by Crippen LogP contribution is -2.43. The van der Waals surface area contributed by atoms with Crippen molar-refractivity contribution < 1.29 is 0 Å². The summed E-state index contributed by atoms with van der Waals surface area (Å²) in [5, 5.41) is 12.6. The maximum absolute atomic E-state index is 4.28. The summed E-state index contributed by atoms with van der Waals surface area (Å²) in [7, 11) is 2.25. The van der Waals surface area contributed by atoms with E-state index in [4.69, 9.17) is 0 Å². The molecular formula is C19H26N6. The second-order valence-electron chi connectivity index (χ2n) is 7.05. The minimum atomic E-state index is 0.665. The van der Waals surface area contributed by atoms with Gasteiger partial charge in [0.05, 0.1) is 18.3 Å². The van der Waals surface area contributed by atoms with Crippen molar-refractivity contribution in [3.8, 4) is 0 Å². The molecule has 1 fully saturated rings. The molecule has 0 saturated carbocycles. The summed E-state index contributed by atoms with van der Waals surface area (Å²) in [6, 6.07) is 9.24. The smallest absolute Gasteiger partial charge is 0.0653 e. The average Bonchev–Trinajstić information content (AvgIpc) is 3.31. The highest BCUT2D eigenvalue weighted by Gasteiger charge is 2.22. The molecule has 6 heteroatoms. The molecule has 4 rings (SSSR count). The van der Waals surface area contributed by atoms with E-state index in [1.54, 1.807) is 0 Å².